The van der Waals surface area contributed by atoms with Crippen molar-refractivity contribution in [3.63, 3.8) is 0 Å². The summed E-state index contributed by atoms with van der Waals surface area (Å²) in [6, 6.07) is 25.6. The molecule has 0 saturated carbocycles. The highest BCUT2D eigenvalue weighted by Gasteiger charge is 2.13. The second kappa shape index (κ2) is 10.0. The average Bonchev–Trinajstić information content (AvgIpc) is 2.74. The quantitative estimate of drug-likeness (QED) is 0.531. The van der Waals surface area contributed by atoms with Crippen LogP contribution >= 0.6 is 0 Å². The fourth-order valence-electron chi connectivity index (χ4n) is 3.00. The van der Waals surface area contributed by atoms with Crippen molar-refractivity contribution in [1.29, 1.82) is 0 Å². The van der Waals surface area contributed by atoms with Crippen molar-refractivity contribution in [1.82, 2.24) is 0 Å². The number of nitrogens with one attached hydrogen (secondary N) is 1. The van der Waals surface area contributed by atoms with E-state index in [1.54, 1.807) is 54.6 Å². The van der Waals surface area contributed by atoms with E-state index in [0.717, 1.165) is 18.4 Å². The van der Waals surface area contributed by atoms with Crippen LogP contribution in [-0.2, 0) is 16.4 Å². The molecular weight excluding hydrogens is 382 g/mol. The first-order valence-corrected chi connectivity index (χ1v) is 11.1. The standard InChI is InChI=1S/C24H25NO3S/c26-23(14-8-11-20-9-3-1-4-10-20)18-17-21-12-7-13-22(19-21)25-29(27,28)24-15-5-2-6-16-24/h1-7,9-10,12-13,15-19,23,25-26H,8,11,14H2/b18-17+. The summed E-state index contributed by atoms with van der Waals surface area (Å²) in [5.74, 6) is 0. The third kappa shape index (κ3) is 6.59. The van der Waals surface area contributed by atoms with Gasteiger partial charge < -0.3 is 5.11 Å². The molecular formula is C24H25NO3S. The van der Waals surface area contributed by atoms with Gasteiger partial charge >= 0.3 is 0 Å². The predicted octanol–water partition coefficient (Wildman–Crippen LogP) is 4.88. The molecule has 29 heavy (non-hydrogen) atoms. The topological polar surface area (TPSA) is 66.4 Å². The van der Waals surface area contributed by atoms with Crippen molar-refractivity contribution >= 4 is 21.8 Å². The number of aryl methyl sites for hydroxylation is 1. The molecule has 3 aromatic rings. The summed E-state index contributed by atoms with van der Waals surface area (Å²) in [6.07, 6.45) is 5.52. The van der Waals surface area contributed by atoms with Gasteiger partial charge in [-0.1, -0.05) is 72.8 Å². The van der Waals surface area contributed by atoms with E-state index >= 15 is 0 Å². The van der Waals surface area contributed by atoms with E-state index in [1.807, 2.05) is 30.3 Å². The average molecular weight is 408 g/mol. The summed E-state index contributed by atoms with van der Waals surface area (Å²) in [6.45, 7) is 0. The van der Waals surface area contributed by atoms with Gasteiger partial charge in [0.2, 0.25) is 0 Å². The molecule has 0 radical (unpaired) electrons. The lowest BCUT2D eigenvalue weighted by molar-refractivity contribution is 0.210. The molecule has 3 aromatic carbocycles. The molecule has 1 atom stereocenters. The van der Waals surface area contributed by atoms with Crippen LogP contribution in [0.2, 0.25) is 0 Å². The molecule has 0 fully saturated rings. The number of aliphatic hydroxyl groups is 1. The lowest BCUT2D eigenvalue weighted by Gasteiger charge is -2.09. The molecule has 2 N–H and O–H groups in total. The van der Waals surface area contributed by atoms with Crippen molar-refractivity contribution in [3.8, 4) is 0 Å². The van der Waals surface area contributed by atoms with Gasteiger partial charge in [-0.05, 0) is 54.7 Å². The highest BCUT2D eigenvalue weighted by atomic mass is 32.2. The number of anilines is 1. The van der Waals surface area contributed by atoms with Gasteiger partial charge in [0.15, 0.2) is 0 Å². The van der Waals surface area contributed by atoms with Gasteiger partial charge in [-0.3, -0.25) is 4.72 Å². The van der Waals surface area contributed by atoms with Crippen LogP contribution in [0, 0.1) is 0 Å². The zero-order valence-electron chi connectivity index (χ0n) is 16.1. The van der Waals surface area contributed by atoms with Crippen LogP contribution in [0.3, 0.4) is 0 Å². The van der Waals surface area contributed by atoms with Gasteiger partial charge in [0.1, 0.15) is 0 Å². The summed E-state index contributed by atoms with van der Waals surface area (Å²) < 4.78 is 27.5. The minimum Gasteiger partial charge on any atom is -0.389 e. The van der Waals surface area contributed by atoms with Crippen LogP contribution in [0.5, 0.6) is 0 Å². The molecule has 0 amide bonds. The summed E-state index contributed by atoms with van der Waals surface area (Å²) >= 11 is 0. The minimum atomic E-state index is -3.62. The SMILES string of the molecule is O=S(=O)(Nc1cccc(/C=C/C(O)CCCc2ccccc2)c1)c1ccccc1. The third-order valence-corrected chi connectivity index (χ3v) is 5.91. The van der Waals surface area contributed by atoms with E-state index in [1.165, 1.54) is 5.56 Å². The summed E-state index contributed by atoms with van der Waals surface area (Å²) in [5, 5.41) is 10.2. The number of aliphatic hydroxyl groups excluding tert-OH is 1. The van der Waals surface area contributed by atoms with E-state index in [4.69, 9.17) is 0 Å². The molecule has 0 aliphatic rings. The molecule has 0 aliphatic heterocycles. The van der Waals surface area contributed by atoms with Crippen LogP contribution in [-0.4, -0.2) is 19.6 Å². The number of sulfonamides is 1. The largest absolute Gasteiger partial charge is 0.389 e. The number of hydrogen-bond donors (Lipinski definition) is 2. The van der Waals surface area contributed by atoms with Crippen molar-refractivity contribution in [2.45, 2.75) is 30.3 Å². The normalized spacial score (nSPS) is 12.7. The van der Waals surface area contributed by atoms with Crippen molar-refractivity contribution in [3.05, 3.63) is 102 Å². The molecule has 0 saturated heterocycles. The Hall–Kier alpha value is -2.89. The zero-order valence-corrected chi connectivity index (χ0v) is 16.9. The highest BCUT2D eigenvalue weighted by molar-refractivity contribution is 7.92. The van der Waals surface area contributed by atoms with E-state index in [-0.39, 0.29) is 4.90 Å². The Morgan fingerprint density at radius 1 is 0.897 bits per heavy atom. The Balaban J connectivity index is 1.56. The molecule has 0 heterocycles. The monoisotopic (exact) mass is 407 g/mol. The van der Waals surface area contributed by atoms with Crippen LogP contribution in [0.4, 0.5) is 5.69 Å². The van der Waals surface area contributed by atoms with Crippen LogP contribution < -0.4 is 4.72 Å². The summed E-state index contributed by atoms with van der Waals surface area (Å²) in [5.41, 5.74) is 2.57. The molecule has 3 rings (SSSR count). The molecule has 5 heteroatoms. The Labute approximate surface area is 172 Å². The Kier molecular flexibility index (Phi) is 7.22. The maximum absolute atomic E-state index is 12.4. The Morgan fingerprint density at radius 3 is 2.31 bits per heavy atom. The summed E-state index contributed by atoms with van der Waals surface area (Å²) in [7, 11) is -3.62. The zero-order chi connectivity index (χ0) is 20.5. The third-order valence-electron chi connectivity index (χ3n) is 4.51. The first kappa shape index (κ1) is 20.8. The molecule has 1 unspecified atom stereocenters. The van der Waals surface area contributed by atoms with Crippen molar-refractivity contribution in [2.24, 2.45) is 0 Å². The molecule has 0 bridgehead atoms. The van der Waals surface area contributed by atoms with E-state index < -0.39 is 16.1 Å². The number of rotatable bonds is 9. The van der Waals surface area contributed by atoms with Crippen molar-refractivity contribution < 1.29 is 13.5 Å². The van der Waals surface area contributed by atoms with Crippen LogP contribution in [0.15, 0.2) is 95.9 Å². The van der Waals surface area contributed by atoms with Gasteiger partial charge in [-0.2, -0.15) is 0 Å². The van der Waals surface area contributed by atoms with Crippen LogP contribution in [0.25, 0.3) is 6.08 Å². The maximum Gasteiger partial charge on any atom is 0.261 e. The Bertz CT molecular complexity index is 1030. The first-order valence-electron chi connectivity index (χ1n) is 9.61. The summed E-state index contributed by atoms with van der Waals surface area (Å²) in [4.78, 5) is 0.217. The van der Waals surface area contributed by atoms with Gasteiger partial charge in [0.25, 0.3) is 10.0 Å². The maximum atomic E-state index is 12.4. The molecule has 4 nitrogen and oxygen atoms in total. The van der Waals surface area contributed by atoms with Crippen LogP contribution in [0.1, 0.15) is 24.0 Å². The lowest BCUT2D eigenvalue weighted by Crippen LogP contribution is -2.12. The molecule has 0 aliphatic carbocycles. The smallest absolute Gasteiger partial charge is 0.261 e. The van der Waals surface area contributed by atoms with Gasteiger partial charge in [-0.25, -0.2) is 8.42 Å². The second-order valence-electron chi connectivity index (χ2n) is 6.85. The van der Waals surface area contributed by atoms with E-state index in [2.05, 4.69) is 16.9 Å². The lowest BCUT2D eigenvalue weighted by atomic mass is 10.1. The second-order valence-corrected chi connectivity index (χ2v) is 8.53. The Morgan fingerprint density at radius 2 is 1.59 bits per heavy atom. The predicted molar refractivity (Wildman–Crippen MR) is 118 cm³/mol. The van der Waals surface area contributed by atoms with E-state index in [9.17, 15) is 13.5 Å². The van der Waals surface area contributed by atoms with Gasteiger partial charge in [0, 0.05) is 5.69 Å². The minimum absolute atomic E-state index is 0.217. The molecule has 0 spiro atoms. The number of benzene rings is 3. The van der Waals surface area contributed by atoms with Gasteiger partial charge in [0.05, 0.1) is 11.0 Å². The fraction of sp³-hybridized carbons (Fsp3) is 0.167. The van der Waals surface area contributed by atoms with Gasteiger partial charge in [-0.15, -0.1) is 0 Å². The first-order chi connectivity index (χ1) is 14.0. The molecule has 0 aromatic heterocycles. The fourth-order valence-corrected chi connectivity index (χ4v) is 4.07. The van der Waals surface area contributed by atoms with E-state index in [0.29, 0.717) is 12.1 Å². The number of hydrogen-bond acceptors (Lipinski definition) is 3. The molecule has 150 valence electrons. The highest BCUT2D eigenvalue weighted by Crippen LogP contribution is 2.18. The van der Waals surface area contributed by atoms with Crippen molar-refractivity contribution in [2.75, 3.05) is 4.72 Å².